The van der Waals surface area contributed by atoms with E-state index < -0.39 is 15.7 Å². The number of hydrogen-bond donors (Lipinski definition) is 2. The molecule has 1 saturated heterocycles. The van der Waals surface area contributed by atoms with E-state index in [1.54, 1.807) is 6.07 Å². The van der Waals surface area contributed by atoms with Crippen molar-refractivity contribution in [1.29, 1.82) is 0 Å². The molecule has 1 fully saturated rings. The number of imidazole rings is 1. The van der Waals surface area contributed by atoms with Crippen LogP contribution >= 0.6 is 0 Å². The summed E-state index contributed by atoms with van der Waals surface area (Å²) < 4.78 is 12.3. The third-order valence-corrected chi connectivity index (χ3v) is 4.96. The van der Waals surface area contributed by atoms with Gasteiger partial charge in [0.2, 0.25) is 0 Å². The number of rotatable bonds is 4. The molecule has 0 amide bonds. The summed E-state index contributed by atoms with van der Waals surface area (Å²) in [6, 6.07) is 4.64. The molecule has 1 aliphatic rings. The molecule has 0 spiro atoms. The average molecular weight is 308 g/mol. The minimum atomic E-state index is -1.23. The molecule has 0 unspecified atom stereocenters. The standard InChI is InChI=1S/C13H16N4O3S/c18-17(19)10-4-5-11-12(7-10)16-13(15-11)21(20)8-9-3-1-2-6-14-9/h4-5,7,9,14H,1-3,6,8H2,(H,15,16)/t9-,21-/m0/s1. The largest absolute Gasteiger partial charge is 0.331 e. The third kappa shape index (κ3) is 3.11. The minimum absolute atomic E-state index is 0.00238. The number of aromatic amines is 1. The first-order valence-electron chi connectivity index (χ1n) is 6.89. The van der Waals surface area contributed by atoms with E-state index in [1.165, 1.54) is 12.1 Å². The Labute approximate surface area is 123 Å². The summed E-state index contributed by atoms with van der Waals surface area (Å²) >= 11 is 0. The normalized spacial score (nSPS) is 20.5. The Kier molecular flexibility index (Phi) is 3.98. The summed E-state index contributed by atoms with van der Waals surface area (Å²) in [6.07, 6.45) is 3.34. The molecule has 2 aromatic rings. The fraction of sp³-hybridized carbons (Fsp3) is 0.462. The SMILES string of the molecule is O=[N+]([O-])c1ccc2nc([S@@](=O)C[C@@H]3CCCCN3)[nH]c2c1. The smallest absolute Gasteiger partial charge is 0.271 e. The van der Waals surface area contributed by atoms with Gasteiger partial charge in [-0.15, -0.1) is 0 Å². The van der Waals surface area contributed by atoms with Crippen LogP contribution in [0.4, 0.5) is 5.69 Å². The Hall–Kier alpha value is -1.80. The maximum absolute atomic E-state index is 12.3. The molecule has 7 nitrogen and oxygen atoms in total. The van der Waals surface area contributed by atoms with E-state index in [0.717, 1.165) is 25.8 Å². The van der Waals surface area contributed by atoms with Crippen molar-refractivity contribution >= 4 is 27.5 Å². The van der Waals surface area contributed by atoms with E-state index in [9.17, 15) is 14.3 Å². The van der Waals surface area contributed by atoms with E-state index in [2.05, 4.69) is 15.3 Å². The number of nitrogens with zero attached hydrogens (tertiary/aromatic N) is 2. The fourth-order valence-electron chi connectivity index (χ4n) is 2.52. The molecule has 2 N–H and O–H groups in total. The lowest BCUT2D eigenvalue weighted by Crippen LogP contribution is -2.38. The molecular formula is C13H16N4O3S. The van der Waals surface area contributed by atoms with Crippen LogP contribution in [0.5, 0.6) is 0 Å². The fourth-order valence-corrected chi connectivity index (χ4v) is 3.76. The van der Waals surface area contributed by atoms with Gasteiger partial charge in [0.15, 0.2) is 5.16 Å². The topological polar surface area (TPSA) is 101 Å². The summed E-state index contributed by atoms with van der Waals surface area (Å²) in [6.45, 7) is 0.966. The lowest BCUT2D eigenvalue weighted by Gasteiger charge is -2.22. The predicted molar refractivity (Wildman–Crippen MR) is 79.7 cm³/mol. The van der Waals surface area contributed by atoms with E-state index in [1.807, 2.05) is 0 Å². The van der Waals surface area contributed by atoms with E-state index in [4.69, 9.17) is 0 Å². The Morgan fingerprint density at radius 2 is 2.29 bits per heavy atom. The van der Waals surface area contributed by atoms with Crippen molar-refractivity contribution in [3.05, 3.63) is 28.3 Å². The van der Waals surface area contributed by atoms with Crippen LogP contribution in [-0.4, -0.2) is 37.4 Å². The number of benzene rings is 1. The molecule has 1 aromatic carbocycles. The number of fused-ring (bicyclic) bond motifs is 1. The molecule has 2 atom stereocenters. The Balaban J connectivity index is 1.79. The highest BCUT2D eigenvalue weighted by atomic mass is 32.2. The van der Waals surface area contributed by atoms with Gasteiger partial charge in [-0.3, -0.25) is 14.3 Å². The van der Waals surface area contributed by atoms with Crippen molar-refractivity contribution in [2.75, 3.05) is 12.3 Å². The molecule has 1 aliphatic heterocycles. The van der Waals surface area contributed by atoms with Crippen LogP contribution in [0.15, 0.2) is 23.4 Å². The average Bonchev–Trinajstić information content (AvgIpc) is 2.91. The van der Waals surface area contributed by atoms with E-state index in [0.29, 0.717) is 21.9 Å². The molecule has 0 saturated carbocycles. The molecule has 0 aliphatic carbocycles. The first-order chi connectivity index (χ1) is 10.1. The number of hydrogen-bond acceptors (Lipinski definition) is 5. The Morgan fingerprint density at radius 3 is 3.00 bits per heavy atom. The molecule has 21 heavy (non-hydrogen) atoms. The summed E-state index contributed by atoms with van der Waals surface area (Å²) in [4.78, 5) is 17.5. The van der Waals surface area contributed by atoms with Gasteiger partial charge in [0.25, 0.3) is 5.69 Å². The molecule has 0 radical (unpaired) electrons. The molecule has 112 valence electrons. The Morgan fingerprint density at radius 1 is 1.43 bits per heavy atom. The highest BCUT2D eigenvalue weighted by molar-refractivity contribution is 7.84. The first-order valence-corrected chi connectivity index (χ1v) is 8.21. The minimum Gasteiger partial charge on any atom is -0.331 e. The van der Waals surface area contributed by atoms with Crippen LogP contribution in [0.2, 0.25) is 0 Å². The van der Waals surface area contributed by atoms with Crippen LogP contribution in [0.1, 0.15) is 19.3 Å². The molecule has 3 rings (SSSR count). The second-order valence-electron chi connectivity index (χ2n) is 5.16. The molecule has 0 bridgehead atoms. The van der Waals surface area contributed by atoms with Crippen molar-refractivity contribution in [2.45, 2.75) is 30.5 Å². The lowest BCUT2D eigenvalue weighted by molar-refractivity contribution is -0.384. The van der Waals surface area contributed by atoms with Crippen LogP contribution in [0.25, 0.3) is 11.0 Å². The van der Waals surface area contributed by atoms with Crippen molar-refractivity contribution in [2.24, 2.45) is 0 Å². The monoisotopic (exact) mass is 308 g/mol. The second-order valence-corrected chi connectivity index (χ2v) is 6.57. The zero-order valence-corrected chi connectivity index (χ0v) is 12.2. The van der Waals surface area contributed by atoms with Crippen molar-refractivity contribution < 1.29 is 9.13 Å². The predicted octanol–water partition coefficient (Wildman–Crippen LogP) is 1.72. The quantitative estimate of drug-likeness (QED) is 0.661. The van der Waals surface area contributed by atoms with Crippen molar-refractivity contribution in [3.8, 4) is 0 Å². The Bertz CT molecular complexity index is 694. The highest BCUT2D eigenvalue weighted by Crippen LogP contribution is 2.20. The molecule has 1 aromatic heterocycles. The van der Waals surface area contributed by atoms with Gasteiger partial charge < -0.3 is 10.3 Å². The number of nitro benzene ring substituents is 1. The summed E-state index contributed by atoms with van der Waals surface area (Å²) in [5, 5.41) is 14.5. The lowest BCUT2D eigenvalue weighted by atomic mass is 10.1. The molecule has 8 heteroatoms. The number of H-pyrrole nitrogens is 1. The van der Waals surface area contributed by atoms with Gasteiger partial charge in [-0.1, -0.05) is 6.42 Å². The molecule has 2 heterocycles. The highest BCUT2D eigenvalue weighted by Gasteiger charge is 2.19. The number of non-ortho nitro benzene ring substituents is 1. The van der Waals surface area contributed by atoms with Crippen molar-refractivity contribution in [1.82, 2.24) is 15.3 Å². The first kappa shape index (κ1) is 14.2. The van der Waals surface area contributed by atoms with Gasteiger partial charge in [-0.25, -0.2) is 4.98 Å². The maximum atomic E-state index is 12.3. The summed E-state index contributed by atoms with van der Waals surface area (Å²) in [5.74, 6) is 0.516. The van der Waals surface area contributed by atoms with E-state index in [-0.39, 0.29) is 11.7 Å². The van der Waals surface area contributed by atoms with Crippen molar-refractivity contribution in [3.63, 3.8) is 0 Å². The van der Waals surface area contributed by atoms with Gasteiger partial charge in [0, 0.05) is 23.9 Å². The number of piperidine rings is 1. The van der Waals surface area contributed by atoms with E-state index >= 15 is 0 Å². The van der Waals surface area contributed by atoms with Crippen LogP contribution in [-0.2, 0) is 10.8 Å². The van der Waals surface area contributed by atoms with Gasteiger partial charge in [-0.05, 0) is 25.5 Å². The second kappa shape index (κ2) is 5.90. The zero-order valence-electron chi connectivity index (χ0n) is 11.4. The van der Waals surface area contributed by atoms with Gasteiger partial charge in [-0.2, -0.15) is 0 Å². The van der Waals surface area contributed by atoms with Gasteiger partial charge >= 0.3 is 0 Å². The van der Waals surface area contributed by atoms with Crippen LogP contribution in [0, 0.1) is 10.1 Å². The summed E-state index contributed by atoms with van der Waals surface area (Å²) in [7, 11) is -1.23. The third-order valence-electron chi connectivity index (χ3n) is 3.64. The van der Waals surface area contributed by atoms with Gasteiger partial charge in [0.1, 0.15) is 0 Å². The zero-order chi connectivity index (χ0) is 14.8. The van der Waals surface area contributed by atoms with Gasteiger partial charge in [0.05, 0.1) is 26.8 Å². The molecular weight excluding hydrogens is 292 g/mol. The maximum Gasteiger partial charge on any atom is 0.271 e. The summed E-state index contributed by atoms with van der Waals surface area (Å²) in [5.41, 5.74) is 1.14. The number of aromatic nitrogens is 2. The number of nitro groups is 1. The van der Waals surface area contributed by atoms with Crippen LogP contribution in [0.3, 0.4) is 0 Å². The van der Waals surface area contributed by atoms with Crippen LogP contribution < -0.4 is 5.32 Å². The number of nitrogens with one attached hydrogen (secondary N) is 2.